The van der Waals surface area contributed by atoms with Crippen LogP contribution < -0.4 is 0 Å². The molecule has 1 aromatic carbocycles. The van der Waals surface area contributed by atoms with Crippen LogP contribution in [0.5, 0.6) is 0 Å². The highest BCUT2D eigenvalue weighted by Gasteiger charge is 2.79. The normalized spacial score (nSPS) is 30.1. The van der Waals surface area contributed by atoms with Gasteiger partial charge in [0.2, 0.25) is 0 Å². The molecule has 4 aliphatic carbocycles. The van der Waals surface area contributed by atoms with E-state index in [1.807, 2.05) is 0 Å². The number of allylic oxidation sites excluding steroid dienone is 5. The van der Waals surface area contributed by atoms with Crippen molar-refractivity contribution >= 4 is 23.8 Å². The van der Waals surface area contributed by atoms with Gasteiger partial charge in [0.05, 0.1) is 14.2 Å². The average molecular weight is 637 g/mol. The SMILES string of the molecule is COC(=O)C(C/C=C/c1ccc([C@H]2C[C@@]3(C)[C@@H](CC[C@@]3(O)C(F)(F)C(F)(F)F)[C@@H]3CCC4=CC(=O)CCC4=C32)cc1)C(=O)OC. The Morgan fingerprint density at radius 2 is 1.67 bits per heavy atom. The Morgan fingerprint density at radius 3 is 2.27 bits per heavy atom. The van der Waals surface area contributed by atoms with Gasteiger partial charge in [0, 0.05) is 17.8 Å². The van der Waals surface area contributed by atoms with Gasteiger partial charge in [-0.05, 0) is 85.1 Å². The number of benzene rings is 1. The number of fused-ring (bicyclic) bond motifs is 4. The minimum atomic E-state index is -5.91. The minimum absolute atomic E-state index is 0.0165. The first kappa shape index (κ1) is 33.0. The lowest BCUT2D eigenvalue weighted by Crippen LogP contribution is -2.65. The number of hydrogen-bond donors (Lipinski definition) is 1. The standard InChI is InChI=1S/C34H37F5O6/c1-31-18-26(20-9-7-19(8-10-20)5-4-6-25(29(41)44-2)30(42)45-3)28-23-14-12-22(40)17-21(23)11-13-24(28)27(31)15-16-32(31,43)33(35,36)34(37,38)39/h4-5,7-10,17,24-27,43H,6,11-16,18H2,1-3H3/b5-4+/t24-,26+,27-,31-,32-/m0/s1. The first-order valence-corrected chi connectivity index (χ1v) is 15.2. The lowest BCUT2D eigenvalue weighted by atomic mass is 9.50. The zero-order chi connectivity index (χ0) is 32.9. The summed E-state index contributed by atoms with van der Waals surface area (Å²) >= 11 is 0. The summed E-state index contributed by atoms with van der Waals surface area (Å²) in [6.45, 7) is 1.39. The third-order valence-electron chi connectivity index (χ3n) is 10.8. The van der Waals surface area contributed by atoms with Crippen LogP contribution in [0.25, 0.3) is 6.08 Å². The van der Waals surface area contributed by atoms with Gasteiger partial charge in [0.25, 0.3) is 0 Å². The minimum Gasteiger partial charge on any atom is -0.468 e. The number of esters is 2. The largest absolute Gasteiger partial charge is 0.468 e. The molecule has 1 N–H and O–H groups in total. The number of hydrogen-bond acceptors (Lipinski definition) is 6. The maximum Gasteiger partial charge on any atom is 0.456 e. The number of halogens is 5. The van der Waals surface area contributed by atoms with Gasteiger partial charge in [-0.2, -0.15) is 22.0 Å². The second kappa shape index (κ2) is 11.8. The van der Waals surface area contributed by atoms with Crippen LogP contribution in [-0.2, 0) is 23.9 Å². The van der Waals surface area contributed by atoms with Crippen LogP contribution >= 0.6 is 0 Å². The lowest BCUT2D eigenvalue weighted by Gasteiger charge is -2.56. The molecule has 1 aromatic rings. The highest BCUT2D eigenvalue weighted by Crippen LogP contribution is 2.70. The predicted octanol–water partition coefficient (Wildman–Crippen LogP) is 6.88. The monoisotopic (exact) mass is 636 g/mol. The molecule has 5 atom stereocenters. The van der Waals surface area contributed by atoms with Crippen LogP contribution in [0, 0.1) is 23.2 Å². The fourth-order valence-corrected chi connectivity index (χ4v) is 8.47. The average Bonchev–Trinajstić information content (AvgIpc) is 3.29. The fraction of sp³-hybridized carbons (Fsp3) is 0.559. The van der Waals surface area contributed by atoms with Crippen molar-refractivity contribution < 1.29 is 50.9 Å². The van der Waals surface area contributed by atoms with Gasteiger partial charge < -0.3 is 14.6 Å². The summed E-state index contributed by atoms with van der Waals surface area (Å²) in [7, 11) is 2.34. The van der Waals surface area contributed by atoms with E-state index < -0.39 is 59.2 Å². The van der Waals surface area contributed by atoms with Gasteiger partial charge in [0.1, 0.15) is 5.60 Å². The van der Waals surface area contributed by atoms with Gasteiger partial charge in [-0.25, -0.2) is 0 Å². The van der Waals surface area contributed by atoms with E-state index in [2.05, 4.69) is 9.47 Å². The number of ether oxygens (including phenoxy) is 2. The smallest absolute Gasteiger partial charge is 0.456 e. The molecule has 45 heavy (non-hydrogen) atoms. The van der Waals surface area contributed by atoms with Gasteiger partial charge in [-0.3, -0.25) is 14.4 Å². The molecule has 0 bridgehead atoms. The molecule has 0 aromatic heterocycles. The van der Waals surface area contributed by atoms with E-state index in [1.54, 1.807) is 42.5 Å². The van der Waals surface area contributed by atoms with Crippen LogP contribution in [0.2, 0.25) is 0 Å². The van der Waals surface area contributed by atoms with Crippen molar-refractivity contribution in [2.24, 2.45) is 23.2 Å². The second-order valence-electron chi connectivity index (χ2n) is 12.9. The summed E-state index contributed by atoms with van der Waals surface area (Å²) in [4.78, 5) is 36.2. The first-order valence-electron chi connectivity index (χ1n) is 15.2. The third kappa shape index (κ3) is 5.34. The van der Waals surface area contributed by atoms with Crippen molar-refractivity contribution in [1.29, 1.82) is 0 Å². The molecular formula is C34H37F5O6. The zero-order valence-electron chi connectivity index (χ0n) is 25.4. The van der Waals surface area contributed by atoms with Gasteiger partial charge in [-0.1, -0.05) is 48.9 Å². The van der Waals surface area contributed by atoms with Crippen LogP contribution in [0.15, 0.2) is 53.1 Å². The highest BCUT2D eigenvalue weighted by molar-refractivity contribution is 5.95. The number of aliphatic hydroxyl groups is 1. The Bertz CT molecular complexity index is 1440. The Hall–Kier alpha value is -3.34. The van der Waals surface area contributed by atoms with E-state index in [0.29, 0.717) is 36.8 Å². The first-order chi connectivity index (χ1) is 21.1. The lowest BCUT2D eigenvalue weighted by molar-refractivity contribution is -0.362. The quantitative estimate of drug-likeness (QED) is 0.200. The van der Waals surface area contributed by atoms with Crippen molar-refractivity contribution in [3.05, 3.63) is 64.3 Å². The summed E-state index contributed by atoms with van der Waals surface area (Å²) in [5, 5.41) is 11.4. The molecule has 0 aliphatic heterocycles. The molecule has 244 valence electrons. The Labute approximate surface area is 258 Å². The van der Waals surface area contributed by atoms with Gasteiger partial charge in [0.15, 0.2) is 11.7 Å². The summed E-state index contributed by atoms with van der Waals surface area (Å²) < 4.78 is 81.0. The maximum atomic E-state index is 15.2. The summed E-state index contributed by atoms with van der Waals surface area (Å²) in [5.74, 6) is -9.30. The van der Waals surface area contributed by atoms with Gasteiger partial charge >= 0.3 is 24.0 Å². The Balaban J connectivity index is 1.53. The van der Waals surface area contributed by atoms with Crippen molar-refractivity contribution in [3.8, 4) is 0 Å². The number of methoxy groups -OCH3 is 2. The molecule has 11 heteroatoms. The molecule has 2 saturated carbocycles. The van der Waals surface area contributed by atoms with Crippen molar-refractivity contribution in [1.82, 2.24) is 0 Å². The maximum absolute atomic E-state index is 15.2. The van der Waals surface area contributed by atoms with Crippen LogP contribution in [0.1, 0.15) is 75.3 Å². The molecule has 4 aliphatic rings. The van der Waals surface area contributed by atoms with E-state index in [-0.39, 0.29) is 31.0 Å². The number of carbonyl (C=O) groups excluding carboxylic acids is 3. The van der Waals surface area contributed by atoms with Crippen molar-refractivity contribution in [2.45, 2.75) is 81.9 Å². The van der Waals surface area contributed by atoms with E-state index >= 15 is 8.78 Å². The summed E-state index contributed by atoms with van der Waals surface area (Å²) in [6.07, 6.45) is 0.191. The van der Waals surface area contributed by atoms with Crippen molar-refractivity contribution in [2.75, 3.05) is 14.2 Å². The van der Waals surface area contributed by atoms with E-state index in [0.717, 1.165) is 16.7 Å². The summed E-state index contributed by atoms with van der Waals surface area (Å²) in [5.41, 5.74) is -0.689. The van der Waals surface area contributed by atoms with Crippen LogP contribution in [0.4, 0.5) is 22.0 Å². The summed E-state index contributed by atoms with van der Waals surface area (Å²) in [6, 6.07) is 7.11. The van der Waals surface area contributed by atoms with Gasteiger partial charge in [-0.15, -0.1) is 0 Å². The van der Waals surface area contributed by atoms with Crippen molar-refractivity contribution in [3.63, 3.8) is 0 Å². The molecule has 0 amide bonds. The third-order valence-corrected chi connectivity index (χ3v) is 10.8. The van der Waals surface area contributed by atoms with Crippen LogP contribution in [0.3, 0.4) is 0 Å². The highest BCUT2D eigenvalue weighted by atomic mass is 19.4. The Morgan fingerprint density at radius 1 is 1.02 bits per heavy atom. The molecule has 0 unspecified atom stereocenters. The molecule has 0 radical (unpaired) electrons. The molecule has 0 heterocycles. The molecule has 2 fully saturated rings. The van der Waals surface area contributed by atoms with E-state index in [9.17, 15) is 32.7 Å². The van der Waals surface area contributed by atoms with Crippen LogP contribution in [-0.4, -0.2) is 54.7 Å². The molecular weight excluding hydrogens is 599 g/mol. The molecule has 0 spiro atoms. The fourth-order valence-electron chi connectivity index (χ4n) is 8.47. The second-order valence-corrected chi connectivity index (χ2v) is 12.9. The molecule has 0 saturated heterocycles. The predicted molar refractivity (Wildman–Crippen MR) is 154 cm³/mol. The van der Waals surface area contributed by atoms with E-state index in [4.69, 9.17) is 0 Å². The number of rotatable bonds is 7. The van der Waals surface area contributed by atoms with E-state index in [1.165, 1.54) is 21.1 Å². The topological polar surface area (TPSA) is 89.9 Å². The number of alkyl halides is 5. The molecule has 5 rings (SSSR count). The number of ketones is 1. The molecule has 6 nitrogen and oxygen atoms in total. The zero-order valence-corrected chi connectivity index (χ0v) is 25.4. The number of carbonyl (C=O) groups is 3. The Kier molecular flexibility index (Phi) is 8.65.